The maximum absolute atomic E-state index is 3.71. The van der Waals surface area contributed by atoms with E-state index in [4.69, 9.17) is 0 Å². The molecule has 1 aromatic rings. The number of thiophene rings is 1. The summed E-state index contributed by atoms with van der Waals surface area (Å²) in [6.45, 7) is 8.11. The highest BCUT2D eigenvalue weighted by molar-refractivity contribution is 7.12. The highest BCUT2D eigenvalue weighted by atomic mass is 32.1. The fourth-order valence-corrected chi connectivity index (χ4v) is 3.75. The van der Waals surface area contributed by atoms with E-state index in [1.807, 2.05) is 11.3 Å². The van der Waals surface area contributed by atoms with Crippen LogP contribution in [0.25, 0.3) is 0 Å². The molecular weight excluding hydrogens is 226 g/mol. The van der Waals surface area contributed by atoms with Gasteiger partial charge in [-0.3, -0.25) is 0 Å². The highest BCUT2D eigenvalue weighted by Crippen LogP contribution is 2.30. The van der Waals surface area contributed by atoms with Crippen molar-refractivity contribution in [2.24, 2.45) is 11.8 Å². The van der Waals surface area contributed by atoms with Crippen LogP contribution in [0.5, 0.6) is 0 Å². The number of nitrogens with one attached hydrogen (secondary N) is 1. The Morgan fingerprint density at radius 3 is 2.82 bits per heavy atom. The average Bonchev–Trinajstić information content (AvgIpc) is 2.94. The molecule has 1 fully saturated rings. The van der Waals surface area contributed by atoms with E-state index in [1.54, 1.807) is 0 Å². The topological polar surface area (TPSA) is 12.0 Å². The van der Waals surface area contributed by atoms with Gasteiger partial charge in [0.2, 0.25) is 0 Å². The van der Waals surface area contributed by atoms with Gasteiger partial charge in [0.1, 0.15) is 0 Å². The zero-order chi connectivity index (χ0) is 12.3. The molecule has 2 heteroatoms. The molecule has 1 aliphatic carbocycles. The van der Waals surface area contributed by atoms with Gasteiger partial charge in [0, 0.05) is 15.8 Å². The van der Waals surface area contributed by atoms with E-state index < -0.39 is 0 Å². The Morgan fingerprint density at radius 1 is 1.41 bits per heavy atom. The first-order valence-corrected chi connectivity index (χ1v) is 7.82. The summed E-state index contributed by atoms with van der Waals surface area (Å²) in [5.41, 5.74) is 0. The van der Waals surface area contributed by atoms with Gasteiger partial charge in [-0.1, -0.05) is 20.3 Å². The van der Waals surface area contributed by atoms with Crippen LogP contribution in [-0.4, -0.2) is 6.54 Å². The molecule has 0 amide bonds. The molecule has 3 atom stereocenters. The molecule has 0 spiro atoms. The third-order valence-electron chi connectivity index (χ3n) is 3.97. The number of rotatable bonds is 5. The fraction of sp³-hybridized carbons (Fsp3) is 0.733. The van der Waals surface area contributed by atoms with Gasteiger partial charge in [0.05, 0.1) is 0 Å². The lowest BCUT2D eigenvalue weighted by atomic mass is 10.1. The van der Waals surface area contributed by atoms with Crippen molar-refractivity contribution in [3.63, 3.8) is 0 Å². The van der Waals surface area contributed by atoms with Gasteiger partial charge in [-0.2, -0.15) is 0 Å². The molecule has 1 nitrogen and oxygen atoms in total. The summed E-state index contributed by atoms with van der Waals surface area (Å²) in [5.74, 6) is 1.86. The van der Waals surface area contributed by atoms with E-state index in [1.165, 1.54) is 35.6 Å². The molecule has 0 aliphatic heterocycles. The van der Waals surface area contributed by atoms with Crippen LogP contribution in [0.2, 0.25) is 0 Å². The summed E-state index contributed by atoms with van der Waals surface area (Å²) in [5, 5.41) is 3.71. The van der Waals surface area contributed by atoms with Gasteiger partial charge in [-0.15, -0.1) is 11.3 Å². The number of hydrogen-bond donors (Lipinski definition) is 1. The standard InChI is InChI=1S/C15H25NS/c1-4-14-7-8-15(17-14)12(3)16-10-13-6-5-11(2)9-13/h7-8,11-13,16H,4-6,9-10H2,1-3H3. The summed E-state index contributed by atoms with van der Waals surface area (Å²) in [7, 11) is 0. The minimum absolute atomic E-state index is 0.524. The smallest absolute Gasteiger partial charge is 0.0386 e. The van der Waals surface area contributed by atoms with Crippen molar-refractivity contribution >= 4 is 11.3 Å². The summed E-state index contributed by atoms with van der Waals surface area (Å²) < 4.78 is 0. The van der Waals surface area contributed by atoms with Crippen LogP contribution >= 0.6 is 11.3 Å². The molecule has 0 bridgehead atoms. The van der Waals surface area contributed by atoms with Crippen molar-refractivity contribution in [1.82, 2.24) is 5.32 Å². The van der Waals surface area contributed by atoms with E-state index in [0.717, 1.165) is 18.3 Å². The van der Waals surface area contributed by atoms with Crippen LogP contribution in [0, 0.1) is 11.8 Å². The Bertz CT molecular complexity index is 344. The molecule has 1 saturated carbocycles. The van der Waals surface area contributed by atoms with E-state index in [9.17, 15) is 0 Å². The molecule has 0 aromatic carbocycles. The van der Waals surface area contributed by atoms with E-state index in [-0.39, 0.29) is 0 Å². The summed E-state index contributed by atoms with van der Waals surface area (Å²) >= 11 is 1.96. The molecule has 0 saturated heterocycles. The average molecular weight is 251 g/mol. The second kappa shape index (κ2) is 6.01. The van der Waals surface area contributed by atoms with E-state index in [2.05, 4.69) is 38.2 Å². The maximum Gasteiger partial charge on any atom is 0.0386 e. The van der Waals surface area contributed by atoms with Gasteiger partial charge in [-0.25, -0.2) is 0 Å². The lowest BCUT2D eigenvalue weighted by molar-refractivity contribution is 0.442. The lowest BCUT2D eigenvalue weighted by Crippen LogP contribution is -2.24. The Labute approximate surface area is 110 Å². The number of aryl methyl sites for hydroxylation is 1. The Kier molecular flexibility index (Phi) is 4.63. The third-order valence-corrected chi connectivity index (χ3v) is 5.39. The first-order valence-electron chi connectivity index (χ1n) is 7.01. The molecular formula is C15H25NS. The third kappa shape index (κ3) is 3.56. The first-order chi connectivity index (χ1) is 8.19. The second-order valence-corrected chi connectivity index (χ2v) is 6.77. The van der Waals surface area contributed by atoms with Gasteiger partial charge >= 0.3 is 0 Å². The van der Waals surface area contributed by atoms with Crippen molar-refractivity contribution < 1.29 is 0 Å². The largest absolute Gasteiger partial charge is 0.309 e. The van der Waals surface area contributed by atoms with Crippen molar-refractivity contribution in [2.45, 2.75) is 52.5 Å². The normalized spacial score (nSPS) is 26.3. The van der Waals surface area contributed by atoms with Gasteiger partial charge in [0.25, 0.3) is 0 Å². The minimum Gasteiger partial charge on any atom is -0.309 e. The van der Waals surface area contributed by atoms with Crippen molar-refractivity contribution in [2.75, 3.05) is 6.54 Å². The van der Waals surface area contributed by atoms with Gasteiger partial charge in [-0.05, 0) is 56.7 Å². The maximum atomic E-state index is 3.71. The predicted molar refractivity (Wildman–Crippen MR) is 76.6 cm³/mol. The predicted octanol–water partition coefficient (Wildman–Crippen LogP) is 4.40. The molecule has 1 aliphatic rings. The van der Waals surface area contributed by atoms with Crippen LogP contribution in [0.3, 0.4) is 0 Å². The van der Waals surface area contributed by atoms with Crippen LogP contribution in [0.4, 0.5) is 0 Å². The van der Waals surface area contributed by atoms with Crippen molar-refractivity contribution in [3.05, 3.63) is 21.9 Å². The summed E-state index contributed by atoms with van der Waals surface area (Å²) in [6.07, 6.45) is 5.44. The van der Waals surface area contributed by atoms with Crippen molar-refractivity contribution in [1.29, 1.82) is 0 Å². The SMILES string of the molecule is CCc1ccc(C(C)NCC2CCC(C)C2)s1. The second-order valence-electron chi connectivity index (χ2n) is 5.57. The lowest BCUT2D eigenvalue weighted by Gasteiger charge is -2.16. The molecule has 3 unspecified atom stereocenters. The molecule has 2 rings (SSSR count). The summed E-state index contributed by atoms with van der Waals surface area (Å²) in [6, 6.07) is 5.09. The van der Waals surface area contributed by atoms with Crippen LogP contribution in [0.1, 0.15) is 55.8 Å². The van der Waals surface area contributed by atoms with Crippen LogP contribution < -0.4 is 5.32 Å². The summed E-state index contributed by atoms with van der Waals surface area (Å²) in [4.78, 5) is 3.00. The Balaban J connectivity index is 1.78. The van der Waals surface area contributed by atoms with Crippen LogP contribution in [0.15, 0.2) is 12.1 Å². The monoisotopic (exact) mass is 251 g/mol. The quantitative estimate of drug-likeness (QED) is 0.818. The Hall–Kier alpha value is -0.340. The van der Waals surface area contributed by atoms with E-state index >= 15 is 0 Å². The van der Waals surface area contributed by atoms with E-state index in [0.29, 0.717) is 6.04 Å². The Morgan fingerprint density at radius 2 is 2.24 bits per heavy atom. The minimum atomic E-state index is 0.524. The highest BCUT2D eigenvalue weighted by Gasteiger charge is 2.21. The molecule has 0 radical (unpaired) electrons. The zero-order valence-electron chi connectivity index (χ0n) is 11.3. The molecule has 1 heterocycles. The molecule has 1 aromatic heterocycles. The first kappa shape index (κ1) is 13.1. The van der Waals surface area contributed by atoms with Crippen LogP contribution in [-0.2, 0) is 6.42 Å². The van der Waals surface area contributed by atoms with Gasteiger partial charge in [0.15, 0.2) is 0 Å². The van der Waals surface area contributed by atoms with Gasteiger partial charge < -0.3 is 5.32 Å². The fourth-order valence-electron chi connectivity index (χ4n) is 2.77. The number of hydrogen-bond acceptors (Lipinski definition) is 2. The zero-order valence-corrected chi connectivity index (χ0v) is 12.1. The van der Waals surface area contributed by atoms with Crippen molar-refractivity contribution in [3.8, 4) is 0 Å². The molecule has 1 N–H and O–H groups in total. The molecule has 96 valence electrons. The molecule has 17 heavy (non-hydrogen) atoms.